The molecule has 4 aromatic rings. The molecule has 0 radical (unpaired) electrons. The maximum atomic E-state index is 13.1. The number of unbranched alkanes of at least 4 members (excludes halogenated alkanes) is 3. The molecule has 0 spiro atoms. The van der Waals surface area contributed by atoms with E-state index in [9.17, 15) is 23.1 Å². The lowest BCUT2D eigenvalue weighted by Crippen LogP contribution is -2.46. The fourth-order valence-electron chi connectivity index (χ4n) is 5.17. The van der Waals surface area contributed by atoms with Crippen LogP contribution in [0.3, 0.4) is 0 Å². The van der Waals surface area contributed by atoms with Crippen molar-refractivity contribution in [3.8, 4) is 22.5 Å². The summed E-state index contributed by atoms with van der Waals surface area (Å²) in [6.45, 7) is 0.301. The van der Waals surface area contributed by atoms with Gasteiger partial charge in [0, 0.05) is 40.6 Å². The van der Waals surface area contributed by atoms with E-state index >= 15 is 0 Å². The number of rotatable bonds is 12. The van der Waals surface area contributed by atoms with Gasteiger partial charge in [-0.05, 0) is 42.7 Å². The van der Waals surface area contributed by atoms with Crippen molar-refractivity contribution in [3.05, 3.63) is 100 Å². The van der Waals surface area contributed by atoms with E-state index in [1.54, 1.807) is 54.6 Å². The Hall–Kier alpha value is -3.83. The lowest BCUT2D eigenvalue weighted by molar-refractivity contribution is -0.127. The van der Waals surface area contributed by atoms with E-state index in [0.717, 1.165) is 11.1 Å². The van der Waals surface area contributed by atoms with Gasteiger partial charge in [0.25, 0.3) is 5.91 Å². The largest absolute Gasteiger partial charge is 0.383 e. The van der Waals surface area contributed by atoms with Crippen LogP contribution in [0.4, 0.5) is 5.82 Å². The van der Waals surface area contributed by atoms with Crippen LogP contribution in [0.5, 0.6) is 0 Å². The fraction of sp³-hybridized carbons (Fsp3) is 0.273. The molecule has 1 aromatic heterocycles. The summed E-state index contributed by atoms with van der Waals surface area (Å²) >= 11 is 12.3. The van der Waals surface area contributed by atoms with Crippen LogP contribution < -0.4 is 9.62 Å². The smallest absolute Gasteiger partial charge is 0.257 e. The van der Waals surface area contributed by atoms with Crippen LogP contribution in [0, 0.1) is 0 Å². The zero-order valence-corrected chi connectivity index (χ0v) is 26.7. The molecule has 0 fully saturated rings. The SMILES string of the molecule is O=C(CCCCCCN1C(=O)C(O)Cc2nc(-c3ccc(Cl)cc3)c(-c3ccc(Cl)cc3)nc21)NS(=O)(=O)Cc1ccccc1. The number of sulfonamides is 1. The van der Waals surface area contributed by atoms with Gasteiger partial charge in [-0.2, -0.15) is 0 Å². The summed E-state index contributed by atoms with van der Waals surface area (Å²) in [5.41, 5.74) is 3.83. The minimum Gasteiger partial charge on any atom is -0.383 e. The van der Waals surface area contributed by atoms with Gasteiger partial charge in [0.05, 0.1) is 22.8 Å². The minimum atomic E-state index is -3.78. The Labute approximate surface area is 272 Å². The molecule has 1 aliphatic heterocycles. The van der Waals surface area contributed by atoms with E-state index in [1.165, 1.54) is 4.90 Å². The molecule has 2 amide bonds. The van der Waals surface area contributed by atoms with Gasteiger partial charge < -0.3 is 5.11 Å². The molecule has 2 N–H and O–H groups in total. The number of carbonyl (C=O) groups is 2. The molecule has 1 unspecified atom stereocenters. The van der Waals surface area contributed by atoms with Gasteiger partial charge in [0.2, 0.25) is 15.9 Å². The van der Waals surface area contributed by atoms with Crippen molar-refractivity contribution in [1.29, 1.82) is 0 Å². The van der Waals surface area contributed by atoms with Crippen LogP contribution in [0.2, 0.25) is 10.0 Å². The molecular weight excluding hydrogens is 635 g/mol. The highest BCUT2D eigenvalue weighted by atomic mass is 35.5. The summed E-state index contributed by atoms with van der Waals surface area (Å²) < 4.78 is 26.8. The van der Waals surface area contributed by atoms with Crippen LogP contribution >= 0.6 is 23.2 Å². The average molecular weight is 668 g/mol. The lowest BCUT2D eigenvalue weighted by atomic mass is 10.0. The van der Waals surface area contributed by atoms with Gasteiger partial charge in [-0.3, -0.25) is 19.2 Å². The summed E-state index contributed by atoms with van der Waals surface area (Å²) in [6.07, 6.45) is 1.28. The van der Waals surface area contributed by atoms with E-state index in [0.29, 0.717) is 70.7 Å². The molecular formula is C33H32Cl2N4O5S. The molecule has 234 valence electrons. The van der Waals surface area contributed by atoms with Crippen LogP contribution in [0.1, 0.15) is 43.4 Å². The van der Waals surface area contributed by atoms with Gasteiger partial charge in [-0.25, -0.2) is 18.4 Å². The van der Waals surface area contributed by atoms with E-state index in [1.807, 2.05) is 24.3 Å². The number of halogens is 2. The van der Waals surface area contributed by atoms with E-state index in [-0.39, 0.29) is 18.6 Å². The van der Waals surface area contributed by atoms with Crippen molar-refractivity contribution in [3.63, 3.8) is 0 Å². The monoisotopic (exact) mass is 666 g/mol. The fourth-order valence-corrected chi connectivity index (χ4v) is 6.57. The molecule has 0 aliphatic carbocycles. The Balaban J connectivity index is 1.24. The number of hydrogen-bond donors (Lipinski definition) is 2. The quantitative estimate of drug-likeness (QED) is 0.178. The number of aliphatic hydroxyl groups is 1. The number of anilines is 1. The van der Waals surface area contributed by atoms with Crippen molar-refractivity contribution in [2.24, 2.45) is 0 Å². The Morgan fingerprint density at radius 3 is 2.04 bits per heavy atom. The molecule has 5 rings (SSSR count). The number of carbonyl (C=O) groups excluding carboxylic acids is 2. The Bertz CT molecular complexity index is 1770. The topological polar surface area (TPSA) is 130 Å². The van der Waals surface area contributed by atoms with Crippen LogP contribution in [0.15, 0.2) is 78.9 Å². The van der Waals surface area contributed by atoms with Crippen molar-refractivity contribution in [1.82, 2.24) is 14.7 Å². The molecule has 1 aliphatic rings. The third-order valence-corrected chi connectivity index (χ3v) is 9.14. The summed E-state index contributed by atoms with van der Waals surface area (Å²) in [5, 5.41) is 11.8. The second-order valence-corrected chi connectivity index (χ2v) is 13.4. The normalized spacial score (nSPS) is 14.7. The first-order valence-electron chi connectivity index (χ1n) is 14.6. The summed E-state index contributed by atoms with van der Waals surface area (Å²) in [5.74, 6) is -0.853. The zero-order valence-electron chi connectivity index (χ0n) is 24.3. The number of hydrogen-bond acceptors (Lipinski definition) is 7. The predicted molar refractivity (Wildman–Crippen MR) is 175 cm³/mol. The van der Waals surface area contributed by atoms with Gasteiger partial charge in [-0.15, -0.1) is 0 Å². The summed E-state index contributed by atoms with van der Waals surface area (Å²) in [6, 6.07) is 23.1. The average Bonchev–Trinajstić information content (AvgIpc) is 3.01. The van der Waals surface area contributed by atoms with Crippen LogP contribution in [-0.2, 0) is 31.8 Å². The van der Waals surface area contributed by atoms with Crippen LogP contribution in [0.25, 0.3) is 22.5 Å². The van der Waals surface area contributed by atoms with Crippen molar-refractivity contribution >= 4 is 50.9 Å². The Kier molecular flexibility index (Phi) is 10.5. The second kappa shape index (κ2) is 14.5. The highest BCUT2D eigenvalue weighted by Gasteiger charge is 2.34. The first kappa shape index (κ1) is 32.6. The van der Waals surface area contributed by atoms with E-state index < -0.39 is 27.9 Å². The van der Waals surface area contributed by atoms with Gasteiger partial charge in [0.1, 0.15) is 6.10 Å². The van der Waals surface area contributed by atoms with Crippen LogP contribution in [-0.4, -0.2) is 48.0 Å². The molecule has 2 heterocycles. The van der Waals surface area contributed by atoms with Crippen molar-refractivity contribution in [2.45, 2.75) is 50.4 Å². The first-order valence-corrected chi connectivity index (χ1v) is 17.0. The molecule has 9 nitrogen and oxygen atoms in total. The molecule has 0 bridgehead atoms. The maximum Gasteiger partial charge on any atom is 0.257 e. The van der Waals surface area contributed by atoms with Gasteiger partial charge >= 0.3 is 0 Å². The Morgan fingerprint density at radius 2 is 1.42 bits per heavy atom. The number of benzene rings is 3. The number of nitrogens with one attached hydrogen (secondary N) is 1. The van der Waals surface area contributed by atoms with Crippen molar-refractivity contribution < 1.29 is 23.1 Å². The zero-order chi connectivity index (χ0) is 32.0. The standard InChI is InChI=1S/C33H32Cl2N4O5S/c34-25-15-11-23(12-16-25)30-31(24-13-17-26(35)18-14-24)37-32-27(36-30)20-28(40)33(42)39(32)19-7-2-1-6-10-29(41)38-45(43,44)21-22-8-4-3-5-9-22/h3-5,8-9,11-18,28,40H,1-2,6-7,10,19-21H2,(H,38,41). The first-order chi connectivity index (χ1) is 21.6. The highest BCUT2D eigenvalue weighted by Crippen LogP contribution is 2.36. The predicted octanol–water partition coefficient (Wildman–Crippen LogP) is 5.96. The summed E-state index contributed by atoms with van der Waals surface area (Å²) in [7, 11) is -3.78. The minimum absolute atomic E-state index is 0.0431. The molecule has 0 saturated heterocycles. The van der Waals surface area contributed by atoms with E-state index in [4.69, 9.17) is 33.2 Å². The number of aliphatic hydroxyl groups excluding tert-OH is 1. The number of nitrogens with zero attached hydrogens (tertiary/aromatic N) is 3. The van der Waals surface area contributed by atoms with Gasteiger partial charge in [-0.1, -0.05) is 90.6 Å². The lowest BCUT2D eigenvalue weighted by Gasteiger charge is -2.31. The number of amides is 2. The molecule has 1 atom stereocenters. The number of aromatic nitrogens is 2. The second-order valence-electron chi connectivity index (χ2n) is 10.8. The summed E-state index contributed by atoms with van der Waals surface area (Å²) in [4.78, 5) is 36.7. The third kappa shape index (κ3) is 8.46. The Morgan fingerprint density at radius 1 is 0.844 bits per heavy atom. The van der Waals surface area contributed by atoms with Gasteiger partial charge in [0.15, 0.2) is 5.82 Å². The molecule has 45 heavy (non-hydrogen) atoms. The third-order valence-electron chi connectivity index (χ3n) is 7.38. The van der Waals surface area contributed by atoms with E-state index in [2.05, 4.69) is 4.72 Å². The highest BCUT2D eigenvalue weighted by molar-refractivity contribution is 7.89. The molecule has 12 heteroatoms. The molecule has 3 aromatic carbocycles. The van der Waals surface area contributed by atoms with Crippen molar-refractivity contribution in [2.75, 3.05) is 11.4 Å². The molecule has 0 saturated carbocycles. The number of fused-ring (bicyclic) bond motifs is 1. The maximum absolute atomic E-state index is 13.1.